The van der Waals surface area contributed by atoms with Gasteiger partial charge in [0.25, 0.3) is 0 Å². The van der Waals surface area contributed by atoms with Gasteiger partial charge in [-0.1, -0.05) is 18.2 Å². The molecule has 1 atom stereocenters. The Balaban J connectivity index is 0.00000385. The maximum Gasteiger partial charge on any atom is 0.191 e. The summed E-state index contributed by atoms with van der Waals surface area (Å²) in [6.45, 7) is 5.93. The normalized spacial score (nSPS) is 15.3. The molecule has 1 saturated heterocycles. The minimum absolute atomic E-state index is 0. The van der Waals surface area contributed by atoms with Crippen LogP contribution in [0.25, 0.3) is 0 Å². The number of halogens is 1. The second-order valence-electron chi connectivity index (χ2n) is 7.67. The lowest BCUT2D eigenvalue weighted by atomic mass is 10.0. The first kappa shape index (κ1) is 27.1. The van der Waals surface area contributed by atoms with Crippen LogP contribution in [0, 0.1) is 0 Å². The maximum atomic E-state index is 5.56. The van der Waals surface area contributed by atoms with Crippen LogP contribution in [-0.2, 0) is 4.74 Å². The second kappa shape index (κ2) is 15.7. The number of unbranched alkanes of at least 4 members (excludes halogenated alkanes) is 1. The van der Waals surface area contributed by atoms with Gasteiger partial charge >= 0.3 is 0 Å². The lowest BCUT2D eigenvalue weighted by Crippen LogP contribution is -2.46. The van der Waals surface area contributed by atoms with E-state index in [4.69, 9.17) is 9.47 Å². The molecule has 1 aliphatic rings. The first-order valence-corrected chi connectivity index (χ1v) is 11.4. The third kappa shape index (κ3) is 9.34. The van der Waals surface area contributed by atoms with E-state index in [0.29, 0.717) is 0 Å². The van der Waals surface area contributed by atoms with Crippen molar-refractivity contribution >= 4 is 35.8 Å². The van der Waals surface area contributed by atoms with Gasteiger partial charge in [-0.15, -0.1) is 24.0 Å². The van der Waals surface area contributed by atoms with Crippen molar-refractivity contribution in [1.29, 1.82) is 0 Å². The number of methoxy groups -OCH3 is 1. The van der Waals surface area contributed by atoms with Gasteiger partial charge in [0.2, 0.25) is 0 Å². The first-order valence-electron chi connectivity index (χ1n) is 11.4. The van der Waals surface area contributed by atoms with Crippen LogP contribution in [0.2, 0.25) is 0 Å². The van der Waals surface area contributed by atoms with Crippen LogP contribution in [0.1, 0.15) is 24.4 Å². The molecule has 0 aliphatic carbocycles. The number of guanidine groups is 1. The van der Waals surface area contributed by atoms with E-state index in [1.165, 1.54) is 5.56 Å². The van der Waals surface area contributed by atoms with Crippen molar-refractivity contribution in [2.75, 3.05) is 65.4 Å². The molecule has 9 heteroatoms. The maximum absolute atomic E-state index is 5.56. The van der Waals surface area contributed by atoms with Crippen molar-refractivity contribution in [2.45, 2.75) is 18.9 Å². The van der Waals surface area contributed by atoms with Crippen molar-refractivity contribution in [3.05, 3.63) is 54.2 Å². The second-order valence-corrected chi connectivity index (χ2v) is 7.67. The number of nitrogens with zero attached hydrogens (tertiary/aromatic N) is 3. The van der Waals surface area contributed by atoms with Crippen LogP contribution < -0.4 is 20.7 Å². The van der Waals surface area contributed by atoms with Crippen LogP contribution in [0.3, 0.4) is 0 Å². The molecule has 2 heterocycles. The highest BCUT2D eigenvalue weighted by Gasteiger charge is 2.23. The zero-order chi connectivity index (χ0) is 22.4. The number of rotatable bonds is 11. The van der Waals surface area contributed by atoms with Gasteiger partial charge in [-0.25, -0.2) is 4.98 Å². The van der Waals surface area contributed by atoms with Gasteiger partial charge in [0.05, 0.1) is 26.4 Å². The molecule has 0 bridgehead atoms. The summed E-state index contributed by atoms with van der Waals surface area (Å²) in [5.41, 5.74) is 1.26. The predicted octanol–water partition coefficient (Wildman–Crippen LogP) is 3.14. The van der Waals surface area contributed by atoms with Gasteiger partial charge in [0, 0.05) is 46.0 Å². The molecule has 0 spiro atoms. The number of aliphatic imine (C=N–C) groups is 1. The molecule has 3 N–H and O–H groups in total. The highest BCUT2D eigenvalue weighted by atomic mass is 127. The van der Waals surface area contributed by atoms with E-state index < -0.39 is 0 Å². The molecule has 1 aromatic carbocycles. The van der Waals surface area contributed by atoms with Gasteiger partial charge in [-0.05, 0) is 42.7 Å². The lowest BCUT2D eigenvalue weighted by molar-refractivity contribution is 0.0170. The summed E-state index contributed by atoms with van der Waals surface area (Å²) >= 11 is 0. The summed E-state index contributed by atoms with van der Waals surface area (Å²) in [7, 11) is 3.51. The molecule has 182 valence electrons. The average Bonchev–Trinajstić information content (AvgIpc) is 2.86. The Bertz CT molecular complexity index is 800. The minimum Gasteiger partial charge on any atom is -0.497 e. The lowest BCUT2D eigenvalue weighted by Gasteiger charge is -2.35. The Morgan fingerprint density at radius 2 is 1.85 bits per heavy atom. The number of aromatic nitrogens is 1. The summed E-state index contributed by atoms with van der Waals surface area (Å²) in [5.74, 6) is 2.62. The van der Waals surface area contributed by atoms with Crippen molar-refractivity contribution in [3.8, 4) is 5.75 Å². The number of morpholine rings is 1. The van der Waals surface area contributed by atoms with Crippen LogP contribution in [0.4, 0.5) is 5.82 Å². The minimum atomic E-state index is 0. The third-order valence-corrected chi connectivity index (χ3v) is 5.54. The summed E-state index contributed by atoms with van der Waals surface area (Å²) in [5, 5.41) is 10.3. The third-order valence-electron chi connectivity index (χ3n) is 5.54. The first-order chi connectivity index (χ1) is 15.8. The van der Waals surface area contributed by atoms with Crippen molar-refractivity contribution in [2.24, 2.45) is 4.99 Å². The smallest absolute Gasteiger partial charge is 0.191 e. The Labute approximate surface area is 214 Å². The van der Waals surface area contributed by atoms with Crippen molar-refractivity contribution in [3.63, 3.8) is 0 Å². The van der Waals surface area contributed by atoms with Gasteiger partial charge in [-0.2, -0.15) is 0 Å². The van der Waals surface area contributed by atoms with E-state index in [1.807, 2.05) is 37.4 Å². The number of anilines is 1. The molecule has 0 saturated carbocycles. The molecule has 0 amide bonds. The van der Waals surface area contributed by atoms with Crippen LogP contribution >= 0.6 is 24.0 Å². The number of hydrogen-bond acceptors (Lipinski definition) is 6. The van der Waals surface area contributed by atoms with E-state index in [2.05, 4.69) is 43.0 Å². The van der Waals surface area contributed by atoms with Crippen molar-refractivity contribution < 1.29 is 9.47 Å². The summed E-state index contributed by atoms with van der Waals surface area (Å²) < 4.78 is 10.9. The van der Waals surface area contributed by atoms with Crippen LogP contribution in [-0.4, -0.2) is 75.9 Å². The Hall–Kier alpha value is -2.11. The molecule has 1 aliphatic heterocycles. The quantitative estimate of drug-likeness (QED) is 0.166. The average molecular weight is 569 g/mol. The zero-order valence-corrected chi connectivity index (χ0v) is 22.0. The molecular weight excluding hydrogens is 531 g/mol. The van der Waals surface area contributed by atoms with E-state index in [9.17, 15) is 0 Å². The van der Waals surface area contributed by atoms with Crippen LogP contribution in [0.5, 0.6) is 5.75 Å². The molecule has 1 unspecified atom stereocenters. The number of ether oxygens (including phenoxy) is 2. The number of pyridine rings is 1. The summed E-state index contributed by atoms with van der Waals surface area (Å²) in [6.07, 6.45) is 3.91. The van der Waals surface area contributed by atoms with E-state index >= 15 is 0 Å². The monoisotopic (exact) mass is 568 g/mol. The fraction of sp³-hybridized carbons (Fsp3) is 0.500. The van der Waals surface area contributed by atoms with Crippen LogP contribution in [0.15, 0.2) is 53.7 Å². The predicted molar refractivity (Wildman–Crippen MR) is 145 cm³/mol. The molecule has 3 rings (SSSR count). The van der Waals surface area contributed by atoms with Gasteiger partial charge in [0.15, 0.2) is 5.96 Å². The van der Waals surface area contributed by atoms with Gasteiger partial charge in [0.1, 0.15) is 11.6 Å². The largest absolute Gasteiger partial charge is 0.497 e. The van der Waals surface area contributed by atoms with Gasteiger partial charge < -0.3 is 25.4 Å². The molecule has 1 fully saturated rings. The van der Waals surface area contributed by atoms with E-state index in [1.54, 1.807) is 13.3 Å². The van der Waals surface area contributed by atoms with E-state index in [0.717, 1.165) is 76.3 Å². The topological polar surface area (TPSA) is 83.0 Å². The SMILES string of the molecule is CN=C(NCCCCNc1ccccn1)NCC(c1ccc(OC)cc1)N1CCOCC1.I. The summed E-state index contributed by atoms with van der Waals surface area (Å²) in [6, 6.07) is 14.5. The fourth-order valence-corrected chi connectivity index (χ4v) is 3.73. The zero-order valence-electron chi connectivity index (χ0n) is 19.6. The molecular formula is C24H37IN6O2. The molecule has 2 aromatic rings. The number of nitrogens with one attached hydrogen (secondary N) is 3. The highest BCUT2D eigenvalue weighted by molar-refractivity contribution is 14.0. The standard InChI is InChI=1S/C24H36N6O2.HI/c1-25-24(28-14-6-5-13-27-23-7-3-4-12-26-23)29-19-22(30-15-17-32-18-16-30)20-8-10-21(31-2)11-9-20;/h3-4,7-12,22H,5-6,13-19H2,1-2H3,(H,26,27)(H2,25,28,29);1H. The number of hydrogen-bond donors (Lipinski definition) is 3. The van der Waals surface area contributed by atoms with Gasteiger partial charge in [-0.3, -0.25) is 9.89 Å². The Morgan fingerprint density at radius 3 is 2.52 bits per heavy atom. The van der Waals surface area contributed by atoms with Crippen molar-refractivity contribution in [1.82, 2.24) is 20.5 Å². The molecule has 8 nitrogen and oxygen atoms in total. The Morgan fingerprint density at radius 1 is 1.09 bits per heavy atom. The Kier molecular flexibility index (Phi) is 12.9. The molecule has 1 aromatic heterocycles. The molecule has 33 heavy (non-hydrogen) atoms. The fourth-order valence-electron chi connectivity index (χ4n) is 3.73. The number of benzene rings is 1. The van der Waals surface area contributed by atoms with E-state index in [-0.39, 0.29) is 30.0 Å². The molecule has 0 radical (unpaired) electrons. The summed E-state index contributed by atoms with van der Waals surface area (Å²) in [4.78, 5) is 11.1. The highest BCUT2D eigenvalue weighted by Crippen LogP contribution is 2.23.